The Labute approximate surface area is 206 Å². The zero-order valence-electron chi connectivity index (χ0n) is 20.7. The van der Waals surface area contributed by atoms with Crippen LogP contribution in [0.1, 0.15) is 51.3 Å². The number of aliphatic hydroxyl groups excluding tert-OH is 1. The fourth-order valence-electron chi connectivity index (χ4n) is 3.45. The van der Waals surface area contributed by atoms with E-state index in [2.05, 4.69) is 10.6 Å². The topological polar surface area (TPSA) is 128 Å². The molecule has 4 N–H and O–H groups in total. The van der Waals surface area contributed by atoms with Gasteiger partial charge in [-0.15, -0.1) is 0 Å². The van der Waals surface area contributed by atoms with Crippen LogP contribution in [0.15, 0.2) is 54.6 Å². The first kappa shape index (κ1) is 27.7. The molecule has 0 spiro atoms. The molecule has 0 heterocycles. The number of phenols is 1. The Hall–Kier alpha value is -3.59. The van der Waals surface area contributed by atoms with E-state index in [1.54, 1.807) is 32.9 Å². The number of aromatic hydroxyl groups is 1. The Bertz CT molecular complexity index is 973. The number of ether oxygens (including phenoxy) is 1. The number of alkyl carbamates (subject to hydrolysis) is 1. The van der Waals surface area contributed by atoms with Crippen LogP contribution in [0, 0.1) is 0 Å². The molecule has 0 aliphatic heterocycles. The number of hydrogen-bond donors (Lipinski definition) is 4. The van der Waals surface area contributed by atoms with Gasteiger partial charge in [-0.1, -0.05) is 49.4 Å². The lowest BCUT2D eigenvalue weighted by molar-refractivity contribution is -0.143. The van der Waals surface area contributed by atoms with Gasteiger partial charge in [-0.05, 0) is 50.5 Å². The van der Waals surface area contributed by atoms with Crippen molar-refractivity contribution in [2.24, 2.45) is 0 Å². The van der Waals surface area contributed by atoms with Crippen LogP contribution in [0.4, 0.5) is 4.79 Å². The van der Waals surface area contributed by atoms with Crippen molar-refractivity contribution in [2.45, 2.75) is 58.3 Å². The highest BCUT2D eigenvalue weighted by Crippen LogP contribution is 2.25. The van der Waals surface area contributed by atoms with Crippen molar-refractivity contribution in [3.05, 3.63) is 65.7 Å². The third kappa shape index (κ3) is 8.60. The lowest BCUT2D eigenvalue weighted by atomic mass is 10.0. The number of benzene rings is 2. The maximum absolute atomic E-state index is 13.5. The highest BCUT2D eigenvalue weighted by molar-refractivity contribution is 5.92. The molecular weight excluding hydrogens is 450 g/mol. The van der Waals surface area contributed by atoms with E-state index in [0.717, 1.165) is 5.56 Å². The van der Waals surface area contributed by atoms with Crippen LogP contribution in [-0.4, -0.2) is 57.8 Å². The fourth-order valence-corrected chi connectivity index (χ4v) is 3.45. The van der Waals surface area contributed by atoms with Gasteiger partial charge in [-0.3, -0.25) is 9.59 Å². The fraction of sp³-hybridized carbons (Fsp3) is 0.423. The molecule has 2 atom stereocenters. The summed E-state index contributed by atoms with van der Waals surface area (Å²) < 4.78 is 5.21. The minimum absolute atomic E-state index is 0.0189. The SMILES string of the molecule is CCCN(C(=O)C(CO)NC(=O)OC(C)(C)C)C(C(=O)NCc1ccccc1)c1ccc(O)cc1. The molecular formula is C26H35N3O6. The van der Waals surface area contributed by atoms with Crippen LogP contribution in [0.5, 0.6) is 5.75 Å². The maximum Gasteiger partial charge on any atom is 0.408 e. The molecule has 0 radical (unpaired) electrons. The first-order chi connectivity index (χ1) is 16.6. The van der Waals surface area contributed by atoms with Crippen LogP contribution in [0.25, 0.3) is 0 Å². The van der Waals surface area contributed by atoms with Gasteiger partial charge in [0.05, 0.1) is 6.61 Å². The maximum atomic E-state index is 13.5. The number of amides is 3. The predicted octanol–water partition coefficient (Wildman–Crippen LogP) is 2.87. The highest BCUT2D eigenvalue weighted by Gasteiger charge is 2.35. The van der Waals surface area contributed by atoms with Crippen LogP contribution in [0.3, 0.4) is 0 Å². The standard InChI is InChI=1S/C26H35N3O6/c1-5-15-29(24(33)21(17-30)28-25(34)35-26(2,3)4)22(19-11-13-20(31)14-12-19)23(32)27-16-18-9-7-6-8-10-18/h6-14,21-22,30-31H,5,15-17H2,1-4H3,(H,27,32)(H,28,34). The van der Waals surface area contributed by atoms with E-state index in [0.29, 0.717) is 12.0 Å². The van der Waals surface area contributed by atoms with E-state index in [4.69, 9.17) is 4.74 Å². The van der Waals surface area contributed by atoms with Crippen LogP contribution < -0.4 is 10.6 Å². The molecule has 9 heteroatoms. The molecule has 0 aliphatic rings. The zero-order valence-corrected chi connectivity index (χ0v) is 20.7. The van der Waals surface area contributed by atoms with Gasteiger partial charge in [0.25, 0.3) is 0 Å². The minimum Gasteiger partial charge on any atom is -0.508 e. The number of carbonyl (C=O) groups excluding carboxylic acids is 3. The molecule has 0 saturated carbocycles. The van der Waals surface area contributed by atoms with Crippen molar-refractivity contribution in [1.29, 1.82) is 0 Å². The molecule has 2 aromatic rings. The molecule has 0 bridgehead atoms. The number of hydrogen-bond acceptors (Lipinski definition) is 6. The minimum atomic E-state index is -1.31. The summed E-state index contributed by atoms with van der Waals surface area (Å²) in [6, 6.07) is 13.0. The van der Waals surface area contributed by atoms with Crippen molar-refractivity contribution < 1.29 is 29.3 Å². The quantitative estimate of drug-likeness (QED) is 0.410. The normalized spacial score (nSPS) is 12.8. The molecule has 190 valence electrons. The summed E-state index contributed by atoms with van der Waals surface area (Å²) in [4.78, 5) is 40.5. The molecule has 35 heavy (non-hydrogen) atoms. The summed E-state index contributed by atoms with van der Waals surface area (Å²) in [6.45, 7) is 6.67. The van der Waals surface area contributed by atoms with E-state index in [1.165, 1.54) is 17.0 Å². The molecule has 0 fully saturated rings. The number of phenolic OH excluding ortho intramolecular Hbond substituents is 1. The van der Waals surface area contributed by atoms with Gasteiger partial charge in [-0.25, -0.2) is 4.79 Å². The Morgan fingerprint density at radius 1 is 1.03 bits per heavy atom. The van der Waals surface area contributed by atoms with Crippen molar-refractivity contribution in [3.8, 4) is 5.75 Å². The predicted molar refractivity (Wildman–Crippen MR) is 131 cm³/mol. The first-order valence-corrected chi connectivity index (χ1v) is 11.6. The van der Waals surface area contributed by atoms with Gasteiger partial charge in [0.15, 0.2) is 0 Å². The van der Waals surface area contributed by atoms with Crippen LogP contribution >= 0.6 is 0 Å². The average Bonchev–Trinajstić information content (AvgIpc) is 2.81. The van der Waals surface area contributed by atoms with E-state index in [1.807, 2.05) is 37.3 Å². The van der Waals surface area contributed by atoms with E-state index in [9.17, 15) is 24.6 Å². The Morgan fingerprint density at radius 2 is 1.66 bits per heavy atom. The van der Waals surface area contributed by atoms with Gasteiger partial charge in [-0.2, -0.15) is 0 Å². The van der Waals surface area contributed by atoms with Crippen LogP contribution in [-0.2, 0) is 20.9 Å². The Kier molecular flexibility index (Phi) is 10.1. The van der Waals surface area contributed by atoms with Crippen LogP contribution in [0.2, 0.25) is 0 Å². The number of aliphatic hydroxyl groups is 1. The van der Waals surface area contributed by atoms with Crippen molar-refractivity contribution in [1.82, 2.24) is 15.5 Å². The summed E-state index contributed by atoms with van der Waals surface area (Å²) >= 11 is 0. The molecule has 2 rings (SSSR count). The lowest BCUT2D eigenvalue weighted by Gasteiger charge is -2.34. The Balaban J connectivity index is 2.34. The van der Waals surface area contributed by atoms with Crippen molar-refractivity contribution in [3.63, 3.8) is 0 Å². The van der Waals surface area contributed by atoms with Gasteiger partial charge < -0.3 is 30.5 Å². The Morgan fingerprint density at radius 3 is 2.20 bits per heavy atom. The third-order valence-electron chi connectivity index (χ3n) is 5.00. The third-order valence-corrected chi connectivity index (χ3v) is 5.00. The van der Waals surface area contributed by atoms with E-state index < -0.39 is 42.2 Å². The molecule has 2 aromatic carbocycles. The zero-order chi connectivity index (χ0) is 26.0. The molecule has 0 saturated heterocycles. The number of carbonyl (C=O) groups is 3. The molecule has 9 nitrogen and oxygen atoms in total. The van der Waals surface area contributed by atoms with Crippen molar-refractivity contribution >= 4 is 17.9 Å². The highest BCUT2D eigenvalue weighted by atomic mass is 16.6. The molecule has 3 amide bonds. The van der Waals surface area contributed by atoms with Gasteiger partial charge in [0.1, 0.15) is 23.4 Å². The smallest absolute Gasteiger partial charge is 0.408 e. The summed E-state index contributed by atoms with van der Waals surface area (Å²) in [7, 11) is 0. The van der Waals surface area contributed by atoms with E-state index in [-0.39, 0.29) is 18.8 Å². The summed E-state index contributed by atoms with van der Waals surface area (Å²) in [6.07, 6.45) is -0.326. The second-order valence-corrected chi connectivity index (χ2v) is 9.11. The molecule has 2 unspecified atom stereocenters. The molecule has 0 aromatic heterocycles. The molecule has 0 aliphatic carbocycles. The number of nitrogens with zero attached hydrogens (tertiary/aromatic N) is 1. The first-order valence-electron chi connectivity index (χ1n) is 11.6. The van der Waals surface area contributed by atoms with Gasteiger partial charge in [0, 0.05) is 13.1 Å². The van der Waals surface area contributed by atoms with E-state index >= 15 is 0 Å². The number of nitrogens with one attached hydrogen (secondary N) is 2. The number of rotatable bonds is 10. The summed E-state index contributed by atoms with van der Waals surface area (Å²) in [5.74, 6) is -1.05. The summed E-state index contributed by atoms with van der Waals surface area (Å²) in [5, 5.41) is 24.9. The average molecular weight is 486 g/mol. The lowest BCUT2D eigenvalue weighted by Crippen LogP contribution is -2.54. The second-order valence-electron chi connectivity index (χ2n) is 9.11. The summed E-state index contributed by atoms with van der Waals surface area (Å²) in [5.41, 5.74) is 0.574. The largest absolute Gasteiger partial charge is 0.508 e. The van der Waals surface area contributed by atoms with Crippen molar-refractivity contribution in [2.75, 3.05) is 13.2 Å². The monoisotopic (exact) mass is 485 g/mol. The second kappa shape index (κ2) is 12.8. The van der Waals surface area contributed by atoms with Gasteiger partial charge in [0.2, 0.25) is 11.8 Å². The van der Waals surface area contributed by atoms with Gasteiger partial charge >= 0.3 is 6.09 Å².